The number of piperazine rings is 1. The van der Waals surface area contributed by atoms with Gasteiger partial charge in [0.05, 0.1) is 48.2 Å². The lowest BCUT2D eigenvalue weighted by atomic mass is 10.0. The summed E-state index contributed by atoms with van der Waals surface area (Å²) in [5, 5.41) is 6.05. The molecule has 2 N–H and O–H groups in total. The Bertz CT molecular complexity index is 2460. The SMILES string of the molecule is CC(=O)c1c(C)c2cnc(Nc3ccc(N4CCN(C(=O)CCOCCSc5cccc6c5C(=O)N(C5CCC(=O)NC5=O)C6=O)CC4)cn3)nc2n(C2CCCC2)c1=O. The number of rotatable bonds is 13. The van der Waals surface area contributed by atoms with Crippen LogP contribution in [-0.2, 0) is 19.1 Å². The van der Waals surface area contributed by atoms with E-state index in [4.69, 9.17) is 9.72 Å². The Balaban J connectivity index is 0.791. The molecule has 0 spiro atoms. The summed E-state index contributed by atoms with van der Waals surface area (Å²) in [7, 11) is 0. The van der Waals surface area contributed by atoms with Gasteiger partial charge < -0.3 is 19.9 Å². The molecule has 4 aromatic rings. The Morgan fingerprint density at radius 1 is 0.933 bits per heavy atom. The molecule has 6 heterocycles. The standard InChI is InChI=1S/C42H45N9O8S/c1-24-29-23-44-42(47-37(29)50(26-6-3-4-7-26)40(57)35(24)25(2)52)45-32-12-10-27(22-43-32)48-15-17-49(18-16-48)34(54)14-19-59-20-21-60-31-9-5-8-28-36(31)41(58)51(39(28)56)30-11-13-33(53)46-38(30)55/h5,8-10,12,22-23,26,30H,3-4,6-7,11,13-21H2,1-2H3,(H,46,53,55)(H,43,44,45,47). The van der Waals surface area contributed by atoms with Crippen LogP contribution in [0, 0.1) is 6.92 Å². The summed E-state index contributed by atoms with van der Waals surface area (Å²) < 4.78 is 7.45. The van der Waals surface area contributed by atoms with E-state index in [1.807, 2.05) is 17.0 Å². The number of fused-ring (bicyclic) bond motifs is 2. The monoisotopic (exact) mass is 835 g/mol. The number of nitrogens with zero attached hydrogens (tertiary/aromatic N) is 7. The van der Waals surface area contributed by atoms with Crippen LogP contribution in [0.5, 0.6) is 0 Å². The molecule has 17 nitrogen and oxygen atoms in total. The average Bonchev–Trinajstić information content (AvgIpc) is 3.86. The van der Waals surface area contributed by atoms with Gasteiger partial charge in [-0.1, -0.05) is 18.9 Å². The van der Waals surface area contributed by atoms with E-state index >= 15 is 0 Å². The van der Waals surface area contributed by atoms with Crippen molar-refractivity contribution in [3.05, 3.63) is 75.3 Å². The number of benzene rings is 1. The third-order valence-corrected chi connectivity index (χ3v) is 12.6. The number of Topliss-reactive ketones (excluding diaryl/α,β-unsaturated/α-hetero) is 1. The van der Waals surface area contributed by atoms with Crippen molar-refractivity contribution in [2.75, 3.05) is 55.4 Å². The normalized spacial score (nSPS) is 18.4. The predicted octanol–water partition coefficient (Wildman–Crippen LogP) is 3.81. The highest BCUT2D eigenvalue weighted by Gasteiger charge is 2.45. The summed E-state index contributed by atoms with van der Waals surface area (Å²) >= 11 is 1.36. The molecule has 4 aliphatic rings. The largest absolute Gasteiger partial charge is 0.380 e. The minimum atomic E-state index is -1.02. The molecular formula is C42H45N9O8S. The highest BCUT2D eigenvalue weighted by molar-refractivity contribution is 7.99. The first-order chi connectivity index (χ1) is 29.0. The number of imide groups is 2. The molecule has 2 saturated heterocycles. The predicted molar refractivity (Wildman–Crippen MR) is 222 cm³/mol. The Morgan fingerprint density at radius 3 is 2.43 bits per heavy atom. The molecule has 8 rings (SSSR count). The number of ketones is 1. The number of piperidine rings is 1. The fourth-order valence-corrected chi connectivity index (χ4v) is 9.46. The molecule has 3 aromatic heterocycles. The summed E-state index contributed by atoms with van der Waals surface area (Å²) in [6.07, 6.45) is 7.54. The van der Waals surface area contributed by atoms with Gasteiger partial charge in [0.25, 0.3) is 17.4 Å². The Labute approximate surface area is 349 Å². The number of aromatic nitrogens is 4. The van der Waals surface area contributed by atoms with Crippen molar-refractivity contribution >= 4 is 75.6 Å². The number of aryl methyl sites for hydroxylation is 1. The molecule has 0 radical (unpaired) electrons. The van der Waals surface area contributed by atoms with Gasteiger partial charge in [-0.15, -0.1) is 11.8 Å². The van der Waals surface area contributed by atoms with Gasteiger partial charge in [0.1, 0.15) is 17.5 Å². The van der Waals surface area contributed by atoms with Crippen LogP contribution in [0.25, 0.3) is 11.0 Å². The summed E-state index contributed by atoms with van der Waals surface area (Å²) in [5.41, 5.74) is 2.38. The van der Waals surface area contributed by atoms with Gasteiger partial charge in [0, 0.05) is 60.9 Å². The molecule has 5 amide bonds. The second kappa shape index (κ2) is 17.3. The molecule has 1 unspecified atom stereocenters. The molecule has 1 saturated carbocycles. The number of hydrogen-bond acceptors (Lipinski definition) is 14. The molecule has 312 valence electrons. The van der Waals surface area contributed by atoms with Crippen molar-refractivity contribution in [3.63, 3.8) is 0 Å². The number of amides is 5. The van der Waals surface area contributed by atoms with Crippen molar-refractivity contribution in [1.29, 1.82) is 0 Å². The summed E-state index contributed by atoms with van der Waals surface area (Å²) in [6, 6.07) is 7.74. The number of nitrogens with one attached hydrogen (secondary N) is 2. The van der Waals surface area contributed by atoms with Crippen LogP contribution in [0.15, 0.2) is 52.4 Å². The molecule has 1 atom stereocenters. The number of carbonyl (C=O) groups excluding carboxylic acids is 6. The van der Waals surface area contributed by atoms with Gasteiger partial charge in [-0.2, -0.15) is 4.98 Å². The summed E-state index contributed by atoms with van der Waals surface area (Å²) in [6.45, 7) is 6.12. The zero-order chi connectivity index (χ0) is 42.1. The molecular weight excluding hydrogens is 791 g/mol. The van der Waals surface area contributed by atoms with Crippen molar-refractivity contribution in [1.82, 2.24) is 34.6 Å². The van der Waals surface area contributed by atoms with E-state index in [0.29, 0.717) is 71.8 Å². The van der Waals surface area contributed by atoms with E-state index in [-0.39, 0.29) is 65.9 Å². The van der Waals surface area contributed by atoms with Gasteiger partial charge in [-0.05, 0) is 62.9 Å². The van der Waals surface area contributed by atoms with Crippen LogP contribution in [0.4, 0.5) is 17.5 Å². The van der Waals surface area contributed by atoms with E-state index in [1.165, 1.54) is 18.7 Å². The fraction of sp³-hybridized carbons (Fsp3) is 0.429. The second-order valence-corrected chi connectivity index (χ2v) is 16.5. The van der Waals surface area contributed by atoms with Crippen LogP contribution in [-0.4, -0.2) is 116 Å². The zero-order valence-electron chi connectivity index (χ0n) is 33.4. The maximum Gasteiger partial charge on any atom is 0.263 e. The van der Waals surface area contributed by atoms with Gasteiger partial charge in [-0.25, -0.2) is 9.97 Å². The minimum Gasteiger partial charge on any atom is -0.380 e. The van der Waals surface area contributed by atoms with E-state index in [2.05, 4.69) is 25.5 Å². The smallest absolute Gasteiger partial charge is 0.263 e. The van der Waals surface area contributed by atoms with E-state index in [9.17, 15) is 33.6 Å². The highest BCUT2D eigenvalue weighted by atomic mass is 32.2. The maximum absolute atomic E-state index is 13.6. The number of hydrogen-bond donors (Lipinski definition) is 2. The lowest BCUT2D eigenvalue weighted by molar-refractivity contribution is -0.136. The molecule has 1 aromatic carbocycles. The quantitative estimate of drug-likeness (QED) is 0.0851. The number of thioether (sulfide) groups is 1. The first kappa shape index (κ1) is 40.8. The van der Waals surface area contributed by atoms with Crippen LogP contribution in [0.3, 0.4) is 0 Å². The van der Waals surface area contributed by atoms with Crippen LogP contribution < -0.4 is 21.1 Å². The maximum atomic E-state index is 13.6. The van der Waals surface area contributed by atoms with Crippen LogP contribution in [0.1, 0.15) is 94.5 Å². The highest BCUT2D eigenvalue weighted by Crippen LogP contribution is 2.35. The molecule has 0 bridgehead atoms. The topological polar surface area (TPSA) is 206 Å². The van der Waals surface area contributed by atoms with Gasteiger partial charge in [0.15, 0.2) is 5.78 Å². The lowest BCUT2D eigenvalue weighted by Crippen LogP contribution is -2.54. The number of pyridine rings is 2. The number of carbonyl (C=O) groups is 6. The van der Waals surface area contributed by atoms with Crippen molar-refractivity contribution in [3.8, 4) is 0 Å². The fourth-order valence-electron chi connectivity index (χ4n) is 8.52. The van der Waals surface area contributed by atoms with Crippen molar-refractivity contribution < 1.29 is 33.5 Å². The Hall–Kier alpha value is -6.01. The van der Waals surface area contributed by atoms with Gasteiger partial charge in [-0.3, -0.25) is 48.3 Å². The Kier molecular flexibility index (Phi) is 11.8. The molecule has 60 heavy (non-hydrogen) atoms. The number of anilines is 3. The zero-order valence-corrected chi connectivity index (χ0v) is 34.2. The average molecular weight is 836 g/mol. The van der Waals surface area contributed by atoms with Gasteiger partial charge in [0.2, 0.25) is 23.7 Å². The second-order valence-electron chi connectivity index (χ2n) is 15.3. The van der Waals surface area contributed by atoms with Crippen molar-refractivity contribution in [2.24, 2.45) is 0 Å². The van der Waals surface area contributed by atoms with E-state index in [1.54, 1.807) is 42.1 Å². The van der Waals surface area contributed by atoms with Crippen LogP contribution >= 0.6 is 11.8 Å². The van der Waals surface area contributed by atoms with E-state index < -0.39 is 29.7 Å². The Morgan fingerprint density at radius 2 is 1.72 bits per heavy atom. The summed E-state index contributed by atoms with van der Waals surface area (Å²) in [4.78, 5) is 109. The van der Waals surface area contributed by atoms with E-state index in [0.717, 1.165) is 36.3 Å². The van der Waals surface area contributed by atoms with Crippen LogP contribution in [0.2, 0.25) is 0 Å². The van der Waals surface area contributed by atoms with Gasteiger partial charge >= 0.3 is 0 Å². The molecule has 3 fully saturated rings. The minimum absolute atomic E-state index is 0.0000433. The molecule has 3 aliphatic heterocycles. The molecule has 18 heteroatoms. The third kappa shape index (κ3) is 8.00. The first-order valence-electron chi connectivity index (χ1n) is 20.2. The lowest BCUT2D eigenvalue weighted by Gasteiger charge is -2.36. The molecule has 1 aliphatic carbocycles. The third-order valence-electron chi connectivity index (χ3n) is 11.6. The first-order valence-corrected chi connectivity index (χ1v) is 21.2. The summed E-state index contributed by atoms with van der Waals surface area (Å²) in [5.74, 6) is -1.13. The van der Waals surface area contributed by atoms with Crippen molar-refractivity contribution in [2.45, 2.75) is 75.8 Å². The number of ether oxygens (including phenoxy) is 1.